The van der Waals surface area contributed by atoms with E-state index < -0.39 is 0 Å². The van der Waals surface area contributed by atoms with E-state index in [4.69, 9.17) is 16.1 Å². The Hall–Kier alpha value is -2.71. The molecule has 0 radical (unpaired) electrons. The Bertz CT molecular complexity index is 1030. The average Bonchev–Trinajstić information content (AvgIpc) is 3.30. The summed E-state index contributed by atoms with van der Waals surface area (Å²) in [7, 11) is 0. The number of nitrogens with zero attached hydrogens (tertiary/aromatic N) is 6. The highest BCUT2D eigenvalue weighted by molar-refractivity contribution is 7.98. The van der Waals surface area contributed by atoms with E-state index in [9.17, 15) is 0 Å². The van der Waals surface area contributed by atoms with Gasteiger partial charge in [-0.3, -0.25) is 0 Å². The van der Waals surface area contributed by atoms with Crippen molar-refractivity contribution in [2.75, 3.05) is 0 Å². The van der Waals surface area contributed by atoms with Crippen molar-refractivity contribution in [1.29, 1.82) is 0 Å². The van der Waals surface area contributed by atoms with Crippen molar-refractivity contribution in [3.63, 3.8) is 0 Å². The first-order valence-electron chi connectivity index (χ1n) is 7.76. The van der Waals surface area contributed by atoms with Gasteiger partial charge in [-0.25, -0.2) is 0 Å². The smallest absolute Gasteiger partial charge is 0.237 e. The summed E-state index contributed by atoms with van der Waals surface area (Å²) >= 11 is 7.34. The molecular weight excluding hydrogens is 372 g/mol. The topological polar surface area (TPSA) is 82.5 Å². The maximum atomic E-state index is 5.92. The zero-order chi connectivity index (χ0) is 17.9. The molecule has 130 valence electrons. The number of aryl methyl sites for hydroxylation is 1. The minimum absolute atomic E-state index is 0.465. The van der Waals surface area contributed by atoms with Gasteiger partial charge in [-0.1, -0.05) is 52.8 Å². The van der Waals surface area contributed by atoms with Crippen molar-refractivity contribution in [2.45, 2.75) is 17.8 Å². The fraction of sp³-hybridized carbons (Fsp3) is 0.118. The average molecular weight is 385 g/mol. The SMILES string of the molecule is Cc1ccccc1-c1noc(CSc2nnnn2-c2ccc(Cl)cc2)n1. The molecule has 0 aliphatic heterocycles. The van der Waals surface area contributed by atoms with Gasteiger partial charge in [0.15, 0.2) is 0 Å². The zero-order valence-corrected chi connectivity index (χ0v) is 15.3. The number of rotatable bonds is 5. The van der Waals surface area contributed by atoms with Crippen molar-refractivity contribution in [2.24, 2.45) is 0 Å². The van der Waals surface area contributed by atoms with Gasteiger partial charge >= 0.3 is 0 Å². The number of thioether (sulfide) groups is 1. The number of tetrazole rings is 1. The molecule has 0 amide bonds. The van der Waals surface area contributed by atoms with Crippen LogP contribution in [-0.4, -0.2) is 30.3 Å². The lowest BCUT2D eigenvalue weighted by Gasteiger charge is -2.02. The Morgan fingerprint density at radius 3 is 2.73 bits per heavy atom. The Morgan fingerprint density at radius 2 is 1.92 bits per heavy atom. The molecule has 2 heterocycles. The van der Waals surface area contributed by atoms with Crippen molar-refractivity contribution in [3.8, 4) is 17.1 Å². The maximum absolute atomic E-state index is 5.92. The molecule has 0 N–H and O–H groups in total. The van der Waals surface area contributed by atoms with Crippen LogP contribution in [0.15, 0.2) is 58.2 Å². The number of hydrogen-bond donors (Lipinski definition) is 0. The molecule has 2 aromatic carbocycles. The molecule has 0 atom stereocenters. The zero-order valence-electron chi connectivity index (χ0n) is 13.7. The van der Waals surface area contributed by atoms with E-state index in [1.165, 1.54) is 11.8 Å². The largest absolute Gasteiger partial charge is 0.338 e. The first kappa shape index (κ1) is 16.7. The molecule has 0 bridgehead atoms. The number of benzene rings is 2. The van der Waals surface area contributed by atoms with E-state index in [1.54, 1.807) is 16.8 Å². The van der Waals surface area contributed by atoms with E-state index in [0.29, 0.717) is 27.6 Å². The fourth-order valence-corrected chi connectivity index (χ4v) is 3.24. The second kappa shape index (κ2) is 7.27. The van der Waals surface area contributed by atoms with Gasteiger partial charge in [0.1, 0.15) is 0 Å². The summed E-state index contributed by atoms with van der Waals surface area (Å²) < 4.78 is 6.99. The Morgan fingerprint density at radius 1 is 1.12 bits per heavy atom. The third-order valence-electron chi connectivity index (χ3n) is 3.69. The van der Waals surface area contributed by atoms with Gasteiger partial charge in [-0.15, -0.1) is 5.10 Å². The Balaban J connectivity index is 1.50. The van der Waals surface area contributed by atoms with Gasteiger partial charge < -0.3 is 4.52 Å². The van der Waals surface area contributed by atoms with Crippen molar-refractivity contribution < 1.29 is 4.52 Å². The van der Waals surface area contributed by atoms with Crippen molar-refractivity contribution >= 4 is 23.4 Å². The number of halogens is 1. The molecule has 26 heavy (non-hydrogen) atoms. The van der Waals surface area contributed by atoms with Crippen LogP contribution in [0.5, 0.6) is 0 Å². The lowest BCUT2D eigenvalue weighted by atomic mass is 10.1. The van der Waals surface area contributed by atoms with Gasteiger partial charge in [0, 0.05) is 10.6 Å². The molecule has 0 fully saturated rings. The minimum Gasteiger partial charge on any atom is -0.338 e. The lowest BCUT2D eigenvalue weighted by molar-refractivity contribution is 0.391. The van der Waals surface area contributed by atoms with Crippen LogP contribution in [-0.2, 0) is 5.75 Å². The standard InChI is InChI=1S/C17H13ClN6OS/c1-11-4-2-3-5-14(11)16-19-15(25-21-16)10-26-17-20-22-23-24(17)13-8-6-12(18)7-9-13/h2-9H,10H2,1H3. The lowest BCUT2D eigenvalue weighted by Crippen LogP contribution is -1.98. The first-order valence-corrected chi connectivity index (χ1v) is 9.13. The summed E-state index contributed by atoms with van der Waals surface area (Å²) in [4.78, 5) is 4.46. The van der Waals surface area contributed by atoms with Gasteiger partial charge in [-0.2, -0.15) is 9.67 Å². The second-order valence-electron chi connectivity index (χ2n) is 5.46. The normalized spacial score (nSPS) is 11.0. The third kappa shape index (κ3) is 3.47. The predicted molar refractivity (Wildman–Crippen MR) is 98.2 cm³/mol. The quantitative estimate of drug-likeness (QED) is 0.481. The van der Waals surface area contributed by atoms with Crippen LogP contribution in [0.4, 0.5) is 0 Å². The van der Waals surface area contributed by atoms with E-state index in [-0.39, 0.29) is 0 Å². The van der Waals surface area contributed by atoms with Crippen molar-refractivity contribution in [3.05, 3.63) is 65.0 Å². The van der Waals surface area contributed by atoms with Crippen LogP contribution in [0, 0.1) is 6.92 Å². The van der Waals surface area contributed by atoms with E-state index in [2.05, 4.69) is 25.7 Å². The van der Waals surface area contributed by atoms with E-state index >= 15 is 0 Å². The summed E-state index contributed by atoms with van der Waals surface area (Å²) in [5, 5.41) is 17.2. The minimum atomic E-state index is 0.465. The molecule has 0 saturated heterocycles. The van der Waals surface area contributed by atoms with Crippen LogP contribution in [0.3, 0.4) is 0 Å². The van der Waals surface area contributed by atoms with Crippen LogP contribution in [0.1, 0.15) is 11.5 Å². The summed E-state index contributed by atoms with van der Waals surface area (Å²) in [6.45, 7) is 2.01. The molecule has 7 nitrogen and oxygen atoms in total. The van der Waals surface area contributed by atoms with Gasteiger partial charge in [-0.05, 0) is 47.2 Å². The summed E-state index contributed by atoms with van der Waals surface area (Å²) in [5.41, 5.74) is 2.88. The molecule has 4 aromatic rings. The van der Waals surface area contributed by atoms with Crippen LogP contribution >= 0.6 is 23.4 Å². The maximum Gasteiger partial charge on any atom is 0.237 e. The Kier molecular flexibility index (Phi) is 4.68. The summed E-state index contributed by atoms with van der Waals surface area (Å²) in [6.07, 6.45) is 0. The van der Waals surface area contributed by atoms with Gasteiger partial charge in [0.25, 0.3) is 0 Å². The molecule has 0 aliphatic rings. The summed E-state index contributed by atoms with van der Waals surface area (Å²) in [6, 6.07) is 15.2. The van der Waals surface area contributed by atoms with E-state index in [1.807, 2.05) is 43.3 Å². The van der Waals surface area contributed by atoms with Crippen LogP contribution in [0.2, 0.25) is 5.02 Å². The number of hydrogen-bond acceptors (Lipinski definition) is 7. The van der Waals surface area contributed by atoms with E-state index in [0.717, 1.165) is 16.8 Å². The van der Waals surface area contributed by atoms with Crippen LogP contribution < -0.4 is 0 Å². The van der Waals surface area contributed by atoms with Gasteiger partial charge in [0.2, 0.25) is 16.9 Å². The highest BCUT2D eigenvalue weighted by Crippen LogP contribution is 2.25. The predicted octanol–water partition coefficient (Wildman–Crippen LogP) is 3.97. The third-order valence-corrected chi connectivity index (χ3v) is 4.85. The monoisotopic (exact) mass is 384 g/mol. The fourth-order valence-electron chi connectivity index (χ4n) is 2.39. The first-order chi connectivity index (χ1) is 12.7. The molecule has 2 aromatic heterocycles. The molecule has 0 spiro atoms. The van der Waals surface area contributed by atoms with Gasteiger partial charge in [0.05, 0.1) is 11.4 Å². The molecule has 0 aliphatic carbocycles. The molecule has 9 heteroatoms. The van der Waals surface area contributed by atoms with Crippen molar-refractivity contribution in [1.82, 2.24) is 30.3 Å². The number of aromatic nitrogens is 6. The highest BCUT2D eigenvalue weighted by Gasteiger charge is 2.14. The molecular formula is C17H13ClN6OS. The summed E-state index contributed by atoms with van der Waals surface area (Å²) in [5.74, 6) is 1.56. The second-order valence-corrected chi connectivity index (χ2v) is 6.84. The Labute approximate surface area is 158 Å². The molecule has 0 unspecified atom stereocenters. The molecule has 4 rings (SSSR count). The molecule has 0 saturated carbocycles. The van der Waals surface area contributed by atoms with Crippen LogP contribution in [0.25, 0.3) is 17.1 Å². The highest BCUT2D eigenvalue weighted by atomic mass is 35.5.